The van der Waals surface area contributed by atoms with Crippen molar-refractivity contribution in [2.45, 2.75) is 83.7 Å². The molecule has 4 fully saturated rings. The Bertz CT molecular complexity index is 572. The molecule has 0 unspecified atom stereocenters. The predicted octanol–water partition coefficient (Wildman–Crippen LogP) is 4.84. The normalized spacial score (nSPS) is 54.3. The first kappa shape index (κ1) is 17.9. The van der Waals surface area contributed by atoms with E-state index in [1.54, 1.807) is 6.92 Å². The third-order valence-electron chi connectivity index (χ3n) is 8.84. The van der Waals surface area contributed by atoms with Crippen molar-refractivity contribution in [2.24, 2.45) is 40.9 Å². The number of carbonyl (C=O) groups is 1. The van der Waals surface area contributed by atoms with Crippen molar-refractivity contribution >= 4 is 5.78 Å². The molecule has 0 aromatic carbocycles. The third-order valence-corrected chi connectivity index (χ3v) is 8.84. The van der Waals surface area contributed by atoms with E-state index in [0.29, 0.717) is 24.2 Å². The van der Waals surface area contributed by atoms with Crippen molar-refractivity contribution in [3.05, 3.63) is 0 Å². The van der Waals surface area contributed by atoms with Gasteiger partial charge >= 0.3 is 0 Å². The predicted molar refractivity (Wildman–Crippen MR) is 92.2 cm³/mol. The molecule has 4 rings (SSSR count). The minimum absolute atomic E-state index is 0.0152. The number of carbonyl (C=O) groups excluding carboxylic acids is 1. The van der Waals surface area contributed by atoms with E-state index in [1.165, 1.54) is 6.92 Å². The summed E-state index contributed by atoms with van der Waals surface area (Å²) in [6.07, 6.45) is 5.83. The molecule has 0 aliphatic heterocycles. The van der Waals surface area contributed by atoms with E-state index in [0.717, 1.165) is 38.5 Å². The zero-order valence-corrected chi connectivity index (χ0v) is 15.7. The molecule has 0 spiro atoms. The van der Waals surface area contributed by atoms with E-state index in [2.05, 4.69) is 0 Å². The van der Waals surface area contributed by atoms with Crippen molar-refractivity contribution in [1.82, 2.24) is 0 Å². The molecule has 1 N–H and O–H groups in total. The van der Waals surface area contributed by atoms with Crippen molar-refractivity contribution in [3.8, 4) is 0 Å². The Morgan fingerprint density at radius 3 is 2.36 bits per heavy atom. The summed E-state index contributed by atoms with van der Waals surface area (Å²) in [5.41, 5.74) is -1.76. The molecule has 0 amide bonds. The minimum atomic E-state index is -2.76. The molecule has 0 heterocycles. The Morgan fingerprint density at radius 2 is 1.68 bits per heavy atom. The number of fused-ring (bicyclic) bond motifs is 5. The van der Waals surface area contributed by atoms with Gasteiger partial charge in [0.2, 0.25) is 0 Å². The van der Waals surface area contributed by atoms with Gasteiger partial charge in [0.15, 0.2) is 0 Å². The highest BCUT2D eigenvalue weighted by molar-refractivity contribution is 5.79. The number of alkyl halides is 2. The van der Waals surface area contributed by atoms with Crippen LogP contribution in [-0.2, 0) is 4.79 Å². The lowest BCUT2D eigenvalue weighted by Crippen LogP contribution is -2.59. The van der Waals surface area contributed by atoms with Gasteiger partial charge in [-0.05, 0) is 88.4 Å². The number of Topliss-reactive ketones (excluding diaryl/α,β-unsaturated/α-hetero) is 1. The molecular formula is C21H32F2O2. The standard InChI is InChI=1S/C21H32F2O2/c1-12(24)17-6-7-18-15-5-4-13-10-19(2,25)9-8-14(13)16(15)11-21(22,23)20(17,18)3/h13-18,25H,4-11H2,1-3H3/t13-,14+,15-,16-,17-,18+,19-,20-/m1/s1. The first-order valence-corrected chi connectivity index (χ1v) is 10.2. The largest absolute Gasteiger partial charge is 0.390 e. The fraction of sp³-hybridized carbons (Fsp3) is 0.952. The van der Waals surface area contributed by atoms with Crippen LogP contribution in [0.2, 0.25) is 0 Å². The second kappa shape index (κ2) is 5.50. The van der Waals surface area contributed by atoms with Gasteiger partial charge in [0, 0.05) is 17.8 Å². The van der Waals surface area contributed by atoms with Crippen LogP contribution in [0.4, 0.5) is 8.78 Å². The molecule has 0 bridgehead atoms. The van der Waals surface area contributed by atoms with Crippen molar-refractivity contribution in [3.63, 3.8) is 0 Å². The summed E-state index contributed by atoms with van der Waals surface area (Å²) >= 11 is 0. The van der Waals surface area contributed by atoms with Crippen molar-refractivity contribution in [1.29, 1.82) is 0 Å². The molecular weight excluding hydrogens is 322 g/mol. The number of hydrogen-bond donors (Lipinski definition) is 1. The van der Waals surface area contributed by atoms with Crippen LogP contribution in [0.25, 0.3) is 0 Å². The fourth-order valence-corrected chi connectivity index (χ4v) is 7.68. The van der Waals surface area contributed by atoms with Crippen LogP contribution in [0.1, 0.15) is 72.1 Å². The van der Waals surface area contributed by atoms with Gasteiger partial charge in [-0.25, -0.2) is 8.78 Å². The number of hydrogen-bond acceptors (Lipinski definition) is 2. The molecule has 4 saturated carbocycles. The first-order valence-electron chi connectivity index (χ1n) is 10.2. The van der Waals surface area contributed by atoms with Crippen LogP contribution in [0.3, 0.4) is 0 Å². The molecule has 2 nitrogen and oxygen atoms in total. The summed E-state index contributed by atoms with van der Waals surface area (Å²) in [7, 11) is 0. The van der Waals surface area contributed by atoms with Gasteiger partial charge in [-0.1, -0.05) is 6.92 Å². The lowest BCUT2D eigenvalue weighted by molar-refractivity contribution is -0.228. The zero-order valence-electron chi connectivity index (χ0n) is 15.7. The SMILES string of the molecule is CC(=O)[C@H]1CC[C@H]2[C@@H]3CC[C@@H]4C[C@](C)(O)CC[C@@H]4[C@H]3CC(F)(F)[C@]12C. The monoisotopic (exact) mass is 354 g/mol. The fourth-order valence-electron chi connectivity index (χ4n) is 7.68. The number of aliphatic hydroxyl groups is 1. The molecule has 0 aromatic rings. The highest BCUT2D eigenvalue weighted by Gasteiger charge is 2.69. The van der Waals surface area contributed by atoms with Crippen LogP contribution < -0.4 is 0 Å². The highest BCUT2D eigenvalue weighted by Crippen LogP contribution is 2.69. The Labute approximate surface area is 149 Å². The Balaban J connectivity index is 1.66. The summed E-state index contributed by atoms with van der Waals surface area (Å²) in [5, 5.41) is 10.4. The quantitative estimate of drug-likeness (QED) is 0.731. The summed E-state index contributed by atoms with van der Waals surface area (Å²) in [6, 6.07) is 0. The molecule has 0 saturated heterocycles. The van der Waals surface area contributed by atoms with Crippen molar-refractivity contribution in [2.75, 3.05) is 0 Å². The lowest BCUT2D eigenvalue weighted by atomic mass is 9.47. The highest BCUT2D eigenvalue weighted by atomic mass is 19.3. The maximum absolute atomic E-state index is 15.4. The molecule has 4 aliphatic rings. The van der Waals surface area contributed by atoms with E-state index in [1.807, 2.05) is 6.92 Å². The van der Waals surface area contributed by atoms with Gasteiger partial charge in [-0.3, -0.25) is 4.79 Å². The molecule has 142 valence electrons. The second-order valence-electron chi connectivity index (χ2n) is 10.1. The van der Waals surface area contributed by atoms with E-state index in [9.17, 15) is 9.90 Å². The van der Waals surface area contributed by atoms with Gasteiger partial charge in [-0.15, -0.1) is 0 Å². The van der Waals surface area contributed by atoms with E-state index < -0.39 is 22.9 Å². The Hall–Kier alpha value is -0.510. The van der Waals surface area contributed by atoms with Gasteiger partial charge in [-0.2, -0.15) is 0 Å². The molecule has 25 heavy (non-hydrogen) atoms. The van der Waals surface area contributed by atoms with Crippen LogP contribution in [-0.4, -0.2) is 22.4 Å². The van der Waals surface area contributed by atoms with Gasteiger partial charge in [0.05, 0.1) is 5.60 Å². The Kier molecular flexibility index (Phi) is 3.93. The number of halogens is 2. The Morgan fingerprint density at radius 1 is 0.960 bits per heavy atom. The molecule has 8 atom stereocenters. The van der Waals surface area contributed by atoms with E-state index in [4.69, 9.17) is 0 Å². The topological polar surface area (TPSA) is 37.3 Å². The third kappa shape index (κ3) is 2.45. The molecule has 4 aliphatic carbocycles. The minimum Gasteiger partial charge on any atom is -0.390 e. The van der Waals surface area contributed by atoms with Crippen molar-refractivity contribution < 1.29 is 18.7 Å². The van der Waals surface area contributed by atoms with E-state index in [-0.39, 0.29) is 24.0 Å². The molecule has 0 radical (unpaired) electrons. The zero-order chi connectivity index (χ0) is 18.2. The second-order valence-corrected chi connectivity index (χ2v) is 10.1. The molecule has 4 heteroatoms. The maximum atomic E-state index is 15.4. The summed E-state index contributed by atoms with van der Waals surface area (Å²) in [4.78, 5) is 12.1. The summed E-state index contributed by atoms with van der Waals surface area (Å²) in [6.45, 7) is 5.11. The number of ketones is 1. The van der Waals surface area contributed by atoms with Gasteiger partial charge in [0.25, 0.3) is 5.92 Å². The maximum Gasteiger partial charge on any atom is 0.254 e. The summed E-state index contributed by atoms with van der Waals surface area (Å²) < 4.78 is 30.9. The van der Waals surface area contributed by atoms with Gasteiger partial charge < -0.3 is 5.11 Å². The lowest BCUT2D eigenvalue weighted by Gasteiger charge is -2.59. The van der Waals surface area contributed by atoms with Crippen LogP contribution in [0, 0.1) is 40.9 Å². The average molecular weight is 354 g/mol. The van der Waals surface area contributed by atoms with E-state index >= 15 is 8.78 Å². The smallest absolute Gasteiger partial charge is 0.254 e. The first-order chi connectivity index (χ1) is 11.6. The molecule has 0 aromatic heterocycles. The van der Waals surface area contributed by atoms with Crippen LogP contribution >= 0.6 is 0 Å². The average Bonchev–Trinajstić information content (AvgIpc) is 2.85. The van der Waals surface area contributed by atoms with Crippen LogP contribution in [0.5, 0.6) is 0 Å². The summed E-state index contributed by atoms with van der Waals surface area (Å²) in [5.74, 6) is -2.14. The van der Waals surface area contributed by atoms with Crippen LogP contribution in [0.15, 0.2) is 0 Å². The van der Waals surface area contributed by atoms with Gasteiger partial charge in [0.1, 0.15) is 5.78 Å². The number of rotatable bonds is 1.